The highest BCUT2D eigenvalue weighted by molar-refractivity contribution is 5.99. The van der Waals surface area contributed by atoms with Crippen molar-refractivity contribution in [2.24, 2.45) is 0 Å². The zero-order valence-corrected chi connectivity index (χ0v) is 9.48. The van der Waals surface area contributed by atoms with E-state index < -0.39 is 11.7 Å². The molecule has 18 heavy (non-hydrogen) atoms. The fraction of sp³-hybridized carbons (Fsp3) is 0.167. The van der Waals surface area contributed by atoms with Crippen LogP contribution in [0.15, 0.2) is 30.5 Å². The number of nitrogens with zero attached hydrogens (tertiary/aromatic N) is 1. The van der Waals surface area contributed by atoms with Crippen molar-refractivity contribution in [1.29, 1.82) is 0 Å². The summed E-state index contributed by atoms with van der Waals surface area (Å²) in [7, 11) is 0. The van der Waals surface area contributed by atoms with Gasteiger partial charge in [0.1, 0.15) is 5.82 Å². The smallest absolute Gasteiger partial charge is 0.255 e. The summed E-state index contributed by atoms with van der Waals surface area (Å²) in [5.74, 6) is -0.839. The molecule has 1 heterocycles. The molecule has 1 aromatic heterocycles. The lowest BCUT2D eigenvalue weighted by Crippen LogP contribution is -2.26. The fourth-order valence-corrected chi connectivity index (χ4v) is 1.59. The van der Waals surface area contributed by atoms with E-state index in [0.717, 1.165) is 0 Å². The van der Waals surface area contributed by atoms with Gasteiger partial charge in [0.15, 0.2) is 0 Å². The Kier molecular flexibility index (Phi) is 3.69. The predicted octanol–water partition coefficient (Wildman–Crippen LogP) is 0.938. The van der Waals surface area contributed by atoms with E-state index >= 15 is 0 Å². The van der Waals surface area contributed by atoms with Crippen LogP contribution in [-0.4, -0.2) is 34.4 Å². The Bertz CT molecular complexity index is 554. The second kappa shape index (κ2) is 5.42. The summed E-state index contributed by atoms with van der Waals surface area (Å²) in [6, 6.07) is 6.12. The number of carbonyl (C=O) groups is 1. The van der Waals surface area contributed by atoms with Crippen molar-refractivity contribution in [3.8, 4) is 11.3 Å². The SMILES string of the molecule is O=C(NCCO)c1cn[nH]c1-c1ccccc1F. The minimum Gasteiger partial charge on any atom is -0.395 e. The minimum absolute atomic E-state index is 0.140. The number of nitrogens with one attached hydrogen (secondary N) is 2. The van der Waals surface area contributed by atoms with Crippen LogP contribution in [0.2, 0.25) is 0 Å². The molecule has 3 N–H and O–H groups in total. The summed E-state index contributed by atoms with van der Waals surface area (Å²) in [6.45, 7) is -0.0145. The van der Waals surface area contributed by atoms with Crippen molar-refractivity contribution in [3.05, 3.63) is 41.8 Å². The van der Waals surface area contributed by atoms with E-state index in [-0.39, 0.29) is 24.3 Å². The third kappa shape index (κ3) is 2.38. The first-order chi connectivity index (χ1) is 8.74. The van der Waals surface area contributed by atoms with Gasteiger partial charge in [0.05, 0.1) is 24.1 Å². The molecule has 94 valence electrons. The maximum absolute atomic E-state index is 13.6. The first-order valence-electron chi connectivity index (χ1n) is 5.41. The standard InChI is InChI=1S/C12H12FN3O2/c13-10-4-2-1-3-8(10)11-9(7-15-16-11)12(18)14-5-6-17/h1-4,7,17H,5-6H2,(H,14,18)(H,15,16). The summed E-state index contributed by atoms with van der Waals surface area (Å²) in [4.78, 5) is 11.8. The van der Waals surface area contributed by atoms with Gasteiger partial charge in [-0.15, -0.1) is 0 Å². The fourth-order valence-electron chi connectivity index (χ4n) is 1.59. The molecule has 5 nitrogen and oxygen atoms in total. The second-order valence-electron chi connectivity index (χ2n) is 3.62. The molecule has 2 aromatic rings. The highest BCUT2D eigenvalue weighted by Crippen LogP contribution is 2.23. The topological polar surface area (TPSA) is 78.0 Å². The molecule has 0 saturated carbocycles. The van der Waals surface area contributed by atoms with Crippen LogP contribution in [0, 0.1) is 5.82 Å². The van der Waals surface area contributed by atoms with E-state index in [9.17, 15) is 9.18 Å². The van der Waals surface area contributed by atoms with E-state index in [1.54, 1.807) is 18.2 Å². The quantitative estimate of drug-likeness (QED) is 0.754. The van der Waals surface area contributed by atoms with Gasteiger partial charge in [-0.2, -0.15) is 5.10 Å². The average molecular weight is 249 g/mol. The van der Waals surface area contributed by atoms with Crippen LogP contribution in [-0.2, 0) is 0 Å². The summed E-state index contributed by atoms with van der Waals surface area (Å²) >= 11 is 0. The number of aromatic amines is 1. The Hall–Kier alpha value is -2.21. The monoisotopic (exact) mass is 249 g/mol. The number of halogens is 1. The Morgan fingerprint density at radius 2 is 2.22 bits per heavy atom. The van der Waals surface area contributed by atoms with Gasteiger partial charge in [-0.3, -0.25) is 9.89 Å². The summed E-state index contributed by atoms with van der Waals surface area (Å²) < 4.78 is 13.6. The average Bonchev–Trinajstić information content (AvgIpc) is 2.85. The van der Waals surface area contributed by atoms with Gasteiger partial charge in [0.25, 0.3) is 5.91 Å². The number of amides is 1. The zero-order valence-electron chi connectivity index (χ0n) is 9.48. The van der Waals surface area contributed by atoms with Crippen molar-refractivity contribution in [2.75, 3.05) is 13.2 Å². The molecule has 0 fully saturated rings. The van der Waals surface area contributed by atoms with Crippen molar-refractivity contribution in [2.45, 2.75) is 0 Å². The number of aliphatic hydroxyl groups excluding tert-OH is 1. The number of aromatic nitrogens is 2. The number of benzene rings is 1. The highest BCUT2D eigenvalue weighted by atomic mass is 19.1. The number of carbonyl (C=O) groups excluding carboxylic acids is 1. The molecular formula is C12H12FN3O2. The number of rotatable bonds is 4. The van der Waals surface area contributed by atoms with Crippen molar-refractivity contribution in [1.82, 2.24) is 15.5 Å². The minimum atomic E-state index is -0.432. The molecule has 2 rings (SSSR count). The molecule has 0 aliphatic carbocycles. The number of H-pyrrole nitrogens is 1. The van der Waals surface area contributed by atoms with E-state index in [1.165, 1.54) is 12.3 Å². The molecule has 0 aliphatic heterocycles. The summed E-state index contributed by atoms with van der Waals surface area (Å²) in [6.07, 6.45) is 1.33. The second-order valence-corrected chi connectivity index (χ2v) is 3.62. The molecular weight excluding hydrogens is 237 g/mol. The molecule has 0 saturated heterocycles. The van der Waals surface area contributed by atoms with Crippen LogP contribution >= 0.6 is 0 Å². The maximum atomic E-state index is 13.6. The Labute approximate surface area is 103 Å². The van der Waals surface area contributed by atoms with Crippen LogP contribution < -0.4 is 5.32 Å². The van der Waals surface area contributed by atoms with Gasteiger partial charge in [0.2, 0.25) is 0 Å². The lowest BCUT2D eigenvalue weighted by molar-refractivity contribution is 0.0945. The molecule has 6 heteroatoms. The number of aliphatic hydroxyl groups is 1. The van der Waals surface area contributed by atoms with Gasteiger partial charge in [-0.05, 0) is 12.1 Å². The van der Waals surface area contributed by atoms with Crippen LogP contribution in [0.3, 0.4) is 0 Å². The highest BCUT2D eigenvalue weighted by Gasteiger charge is 2.16. The number of hydrogen-bond donors (Lipinski definition) is 3. The molecule has 0 atom stereocenters. The van der Waals surface area contributed by atoms with Crippen molar-refractivity contribution in [3.63, 3.8) is 0 Å². The Balaban J connectivity index is 2.34. The normalized spacial score (nSPS) is 10.3. The Morgan fingerprint density at radius 3 is 2.94 bits per heavy atom. The lowest BCUT2D eigenvalue weighted by atomic mass is 10.1. The molecule has 0 unspecified atom stereocenters. The van der Waals surface area contributed by atoms with Crippen molar-refractivity contribution >= 4 is 5.91 Å². The maximum Gasteiger partial charge on any atom is 0.255 e. The Morgan fingerprint density at radius 1 is 1.44 bits per heavy atom. The first-order valence-corrected chi connectivity index (χ1v) is 5.41. The molecule has 0 bridgehead atoms. The van der Waals surface area contributed by atoms with Crippen LogP contribution in [0.25, 0.3) is 11.3 Å². The molecule has 0 spiro atoms. The van der Waals surface area contributed by atoms with E-state index in [4.69, 9.17) is 5.11 Å². The van der Waals surface area contributed by atoms with E-state index in [0.29, 0.717) is 5.69 Å². The molecule has 1 aromatic carbocycles. The van der Waals surface area contributed by atoms with Crippen molar-refractivity contribution < 1.29 is 14.3 Å². The van der Waals surface area contributed by atoms with E-state index in [2.05, 4.69) is 15.5 Å². The van der Waals surface area contributed by atoms with E-state index in [1.807, 2.05) is 0 Å². The van der Waals surface area contributed by atoms with Crippen LogP contribution in [0.4, 0.5) is 4.39 Å². The predicted molar refractivity (Wildman–Crippen MR) is 63.4 cm³/mol. The van der Waals surface area contributed by atoms with Crippen LogP contribution in [0.1, 0.15) is 10.4 Å². The van der Waals surface area contributed by atoms with Gasteiger partial charge in [-0.1, -0.05) is 12.1 Å². The van der Waals surface area contributed by atoms with Gasteiger partial charge in [0, 0.05) is 12.1 Å². The zero-order chi connectivity index (χ0) is 13.0. The number of hydrogen-bond acceptors (Lipinski definition) is 3. The lowest BCUT2D eigenvalue weighted by Gasteiger charge is -2.05. The van der Waals surface area contributed by atoms with Gasteiger partial charge in [-0.25, -0.2) is 4.39 Å². The molecule has 0 aliphatic rings. The first kappa shape index (κ1) is 12.3. The molecule has 0 radical (unpaired) electrons. The molecule has 1 amide bonds. The summed E-state index contributed by atoms with van der Waals surface area (Å²) in [5, 5.41) is 17.5. The summed E-state index contributed by atoms with van der Waals surface area (Å²) in [5.41, 5.74) is 0.848. The van der Waals surface area contributed by atoms with Gasteiger partial charge >= 0.3 is 0 Å². The third-order valence-corrected chi connectivity index (χ3v) is 2.42. The largest absolute Gasteiger partial charge is 0.395 e. The van der Waals surface area contributed by atoms with Gasteiger partial charge < -0.3 is 10.4 Å². The third-order valence-electron chi connectivity index (χ3n) is 2.42. The van der Waals surface area contributed by atoms with Crippen LogP contribution in [0.5, 0.6) is 0 Å².